The van der Waals surface area contributed by atoms with Crippen molar-refractivity contribution in [3.8, 4) is 5.69 Å². The number of rotatable bonds is 6. The molecular weight excluding hydrogens is 360 g/mol. The lowest BCUT2D eigenvalue weighted by molar-refractivity contribution is -0.127. The van der Waals surface area contributed by atoms with Crippen molar-refractivity contribution in [1.82, 2.24) is 19.7 Å². The fourth-order valence-corrected chi connectivity index (χ4v) is 3.73. The van der Waals surface area contributed by atoms with E-state index in [1.807, 2.05) is 30.5 Å². The summed E-state index contributed by atoms with van der Waals surface area (Å²) < 4.78 is 7.55. The molecule has 3 aromatic rings. The molecule has 0 aliphatic rings. The first-order valence-corrected chi connectivity index (χ1v) is 9.75. The molecule has 3 rings (SSSR count). The molecule has 0 fully saturated rings. The van der Waals surface area contributed by atoms with Crippen LogP contribution in [0.5, 0.6) is 0 Å². The van der Waals surface area contributed by atoms with E-state index >= 15 is 0 Å². The number of carbonyl (C=O) groups excluding carboxylic acids is 1. The Balaban J connectivity index is 1.71. The lowest BCUT2D eigenvalue weighted by Gasteiger charge is -2.16. The van der Waals surface area contributed by atoms with Gasteiger partial charge in [-0.25, -0.2) is 0 Å². The zero-order chi connectivity index (χ0) is 19.6. The molecule has 0 saturated carbocycles. The zero-order valence-electron chi connectivity index (χ0n) is 16.3. The number of furan rings is 1. The molecule has 142 valence electrons. The topological polar surface area (TPSA) is 64.2 Å². The minimum atomic E-state index is 0.0159. The smallest absolute Gasteiger partial charge is 0.233 e. The van der Waals surface area contributed by atoms with Gasteiger partial charge in [0.1, 0.15) is 17.3 Å². The molecule has 0 N–H and O–H groups in total. The van der Waals surface area contributed by atoms with Crippen molar-refractivity contribution in [2.24, 2.45) is 0 Å². The van der Waals surface area contributed by atoms with Gasteiger partial charge in [-0.2, -0.15) is 0 Å². The summed E-state index contributed by atoms with van der Waals surface area (Å²) in [5, 5.41) is 9.20. The molecule has 0 atom stereocenters. The number of amides is 1. The van der Waals surface area contributed by atoms with E-state index in [-0.39, 0.29) is 5.91 Å². The number of hydrogen-bond donors (Lipinski definition) is 0. The fraction of sp³-hybridized carbons (Fsp3) is 0.350. The van der Waals surface area contributed by atoms with Crippen LogP contribution in [0.15, 0.2) is 39.9 Å². The number of nitrogens with zero attached hydrogens (tertiary/aromatic N) is 4. The van der Waals surface area contributed by atoms with Crippen molar-refractivity contribution < 1.29 is 9.21 Å². The third-order valence-electron chi connectivity index (χ3n) is 4.34. The van der Waals surface area contributed by atoms with Crippen LogP contribution in [0.1, 0.15) is 28.5 Å². The lowest BCUT2D eigenvalue weighted by Crippen LogP contribution is -2.27. The van der Waals surface area contributed by atoms with E-state index in [2.05, 4.69) is 42.2 Å². The first-order valence-electron chi connectivity index (χ1n) is 8.77. The second-order valence-corrected chi connectivity index (χ2v) is 7.65. The molecule has 7 heteroatoms. The summed E-state index contributed by atoms with van der Waals surface area (Å²) in [6.45, 7) is 8.39. The summed E-state index contributed by atoms with van der Waals surface area (Å²) >= 11 is 1.40. The summed E-state index contributed by atoms with van der Waals surface area (Å²) in [4.78, 5) is 14.2. The Bertz CT molecular complexity index is 961. The van der Waals surface area contributed by atoms with E-state index in [4.69, 9.17) is 4.42 Å². The number of benzene rings is 1. The fourth-order valence-electron chi connectivity index (χ4n) is 2.80. The summed E-state index contributed by atoms with van der Waals surface area (Å²) in [7, 11) is 1.78. The first kappa shape index (κ1) is 19.2. The van der Waals surface area contributed by atoms with E-state index in [9.17, 15) is 4.79 Å². The average molecular weight is 385 g/mol. The van der Waals surface area contributed by atoms with Gasteiger partial charge in [-0.15, -0.1) is 10.2 Å². The molecule has 27 heavy (non-hydrogen) atoms. The van der Waals surface area contributed by atoms with Gasteiger partial charge in [-0.1, -0.05) is 23.9 Å². The molecule has 0 radical (unpaired) electrons. The maximum absolute atomic E-state index is 12.5. The molecule has 0 unspecified atom stereocenters. The Labute approximate surface area is 163 Å². The largest absolute Gasteiger partial charge is 0.464 e. The van der Waals surface area contributed by atoms with E-state index < -0.39 is 0 Å². The van der Waals surface area contributed by atoms with Gasteiger partial charge in [0, 0.05) is 7.05 Å². The second-order valence-electron chi connectivity index (χ2n) is 6.71. The summed E-state index contributed by atoms with van der Waals surface area (Å²) in [5.74, 6) is 2.74. The van der Waals surface area contributed by atoms with Gasteiger partial charge in [0.25, 0.3) is 0 Å². The highest BCUT2D eigenvalue weighted by Gasteiger charge is 2.17. The Kier molecular flexibility index (Phi) is 5.70. The monoisotopic (exact) mass is 384 g/mol. The van der Waals surface area contributed by atoms with Crippen molar-refractivity contribution in [3.05, 3.63) is 58.8 Å². The lowest BCUT2D eigenvalue weighted by atomic mass is 10.1. The Morgan fingerprint density at radius 3 is 2.63 bits per heavy atom. The van der Waals surface area contributed by atoms with Crippen LogP contribution >= 0.6 is 11.8 Å². The molecular formula is C20H24N4O2S. The van der Waals surface area contributed by atoms with Crippen LogP contribution in [0, 0.1) is 27.7 Å². The average Bonchev–Trinajstić information content (AvgIpc) is 3.20. The van der Waals surface area contributed by atoms with Gasteiger partial charge >= 0.3 is 0 Å². The number of thioether (sulfide) groups is 1. The predicted molar refractivity (Wildman–Crippen MR) is 106 cm³/mol. The minimum absolute atomic E-state index is 0.0159. The maximum atomic E-state index is 12.5. The van der Waals surface area contributed by atoms with E-state index in [0.717, 1.165) is 33.8 Å². The molecule has 1 aromatic carbocycles. The molecule has 0 spiro atoms. The van der Waals surface area contributed by atoms with Crippen molar-refractivity contribution in [2.45, 2.75) is 39.4 Å². The molecule has 6 nitrogen and oxygen atoms in total. The van der Waals surface area contributed by atoms with E-state index in [1.165, 1.54) is 17.3 Å². The molecule has 1 amide bonds. The quantitative estimate of drug-likeness (QED) is 0.604. The number of aromatic nitrogens is 3. The molecule has 0 aliphatic carbocycles. The van der Waals surface area contributed by atoms with Crippen LogP contribution in [-0.2, 0) is 11.3 Å². The van der Waals surface area contributed by atoms with Crippen molar-refractivity contribution in [1.29, 1.82) is 0 Å². The Hall–Kier alpha value is -2.54. The van der Waals surface area contributed by atoms with Gasteiger partial charge in [0.2, 0.25) is 5.91 Å². The number of carbonyl (C=O) groups is 1. The van der Waals surface area contributed by atoms with Crippen LogP contribution in [0.2, 0.25) is 0 Å². The number of hydrogen-bond acceptors (Lipinski definition) is 5. The second kappa shape index (κ2) is 8.00. The van der Waals surface area contributed by atoms with E-state index in [0.29, 0.717) is 12.3 Å². The van der Waals surface area contributed by atoms with E-state index in [1.54, 1.807) is 11.9 Å². The third kappa shape index (κ3) is 4.42. The van der Waals surface area contributed by atoms with Crippen LogP contribution in [0.25, 0.3) is 5.69 Å². The van der Waals surface area contributed by atoms with Gasteiger partial charge in [-0.3, -0.25) is 9.36 Å². The van der Waals surface area contributed by atoms with Gasteiger partial charge in [0.05, 0.1) is 18.0 Å². The van der Waals surface area contributed by atoms with Crippen molar-refractivity contribution >= 4 is 17.7 Å². The Morgan fingerprint density at radius 2 is 1.93 bits per heavy atom. The van der Waals surface area contributed by atoms with Gasteiger partial charge in [-0.05, 0) is 57.0 Å². The molecule has 2 heterocycles. The van der Waals surface area contributed by atoms with Crippen LogP contribution < -0.4 is 0 Å². The Morgan fingerprint density at radius 1 is 1.15 bits per heavy atom. The first-order chi connectivity index (χ1) is 12.8. The highest BCUT2D eigenvalue weighted by molar-refractivity contribution is 7.99. The maximum Gasteiger partial charge on any atom is 0.233 e. The highest BCUT2D eigenvalue weighted by Crippen LogP contribution is 2.25. The predicted octanol–water partition coefficient (Wildman–Crippen LogP) is 3.84. The summed E-state index contributed by atoms with van der Waals surface area (Å²) in [5.41, 5.74) is 3.36. The van der Waals surface area contributed by atoms with Crippen molar-refractivity contribution in [2.75, 3.05) is 12.8 Å². The van der Waals surface area contributed by atoms with Crippen molar-refractivity contribution in [3.63, 3.8) is 0 Å². The summed E-state index contributed by atoms with van der Waals surface area (Å²) in [6.07, 6.45) is 0. The molecule has 2 aromatic heterocycles. The van der Waals surface area contributed by atoms with Gasteiger partial charge < -0.3 is 9.32 Å². The molecule has 0 saturated heterocycles. The summed E-state index contributed by atoms with van der Waals surface area (Å²) in [6, 6.07) is 10.1. The van der Waals surface area contributed by atoms with Gasteiger partial charge in [0.15, 0.2) is 5.16 Å². The standard InChI is InChI=1S/C20H24N4O2S/c1-13-6-7-14(2)18(10-13)24-16(4)21-22-20(24)27-12-19(25)23(5)11-17-9-8-15(3)26-17/h6-10H,11-12H2,1-5H3. The normalized spacial score (nSPS) is 11.0. The van der Waals surface area contributed by atoms with Crippen LogP contribution in [0.4, 0.5) is 0 Å². The molecule has 0 aliphatic heterocycles. The highest BCUT2D eigenvalue weighted by atomic mass is 32.2. The minimum Gasteiger partial charge on any atom is -0.464 e. The SMILES string of the molecule is Cc1ccc(C)c(-n2c(C)nnc2SCC(=O)N(C)Cc2ccc(C)o2)c1. The zero-order valence-corrected chi connectivity index (χ0v) is 17.1. The molecule has 0 bridgehead atoms. The van der Waals surface area contributed by atoms with Crippen LogP contribution in [-0.4, -0.2) is 38.4 Å². The van der Waals surface area contributed by atoms with Crippen LogP contribution in [0.3, 0.4) is 0 Å². The number of aryl methyl sites for hydroxylation is 4. The third-order valence-corrected chi connectivity index (χ3v) is 5.25.